The van der Waals surface area contributed by atoms with Gasteiger partial charge in [0.1, 0.15) is 5.56 Å². The maximum absolute atomic E-state index is 13.6. The summed E-state index contributed by atoms with van der Waals surface area (Å²) in [6.45, 7) is -0.142. The summed E-state index contributed by atoms with van der Waals surface area (Å²) >= 11 is 0. The Morgan fingerprint density at radius 2 is 1.52 bits per heavy atom. The van der Waals surface area contributed by atoms with E-state index in [1.165, 1.54) is 0 Å². The fraction of sp³-hybridized carbons (Fsp3) is 0.357. The Balaban J connectivity index is 2.44. The second-order valence-corrected chi connectivity index (χ2v) is 4.78. The lowest BCUT2D eigenvalue weighted by Gasteiger charge is -2.21. The molecule has 0 heterocycles. The molecule has 7 heteroatoms. The Labute approximate surface area is 117 Å². The minimum Gasteiger partial charge on any atom is -0.327 e. The number of hydrogen-bond acceptors (Lipinski definition) is 1. The third kappa shape index (κ3) is 2.84. The Hall–Kier alpha value is -2.10. The van der Waals surface area contributed by atoms with Gasteiger partial charge in [-0.05, 0) is 18.8 Å². The maximum atomic E-state index is 13.6. The van der Waals surface area contributed by atoms with Crippen LogP contribution in [0.3, 0.4) is 0 Å². The summed E-state index contributed by atoms with van der Waals surface area (Å²) in [7, 11) is 0. The summed E-state index contributed by atoms with van der Waals surface area (Å²) in [5, 5.41) is 0. The number of halogens is 5. The van der Waals surface area contributed by atoms with Crippen molar-refractivity contribution in [2.45, 2.75) is 12.8 Å². The lowest BCUT2D eigenvalue weighted by molar-refractivity contribution is 0.0756. The molecule has 112 valence electrons. The molecule has 0 N–H and O–H groups in total. The van der Waals surface area contributed by atoms with Crippen LogP contribution in [0.5, 0.6) is 0 Å². The van der Waals surface area contributed by atoms with Crippen LogP contribution in [0.25, 0.3) is 0 Å². The fourth-order valence-electron chi connectivity index (χ4n) is 1.89. The average molecular weight is 303 g/mol. The molecular formula is C14H10F5NO. The van der Waals surface area contributed by atoms with Crippen molar-refractivity contribution in [3.8, 4) is 12.3 Å². The molecule has 0 radical (unpaired) electrons. The minimum absolute atomic E-state index is 0.128. The third-order valence-corrected chi connectivity index (χ3v) is 3.17. The molecule has 0 saturated heterocycles. The van der Waals surface area contributed by atoms with Crippen molar-refractivity contribution < 1.29 is 26.7 Å². The minimum atomic E-state index is -2.30. The second-order valence-electron chi connectivity index (χ2n) is 4.78. The summed E-state index contributed by atoms with van der Waals surface area (Å²) in [6, 6.07) is 0. The van der Waals surface area contributed by atoms with E-state index in [9.17, 15) is 26.7 Å². The molecule has 0 bridgehead atoms. The number of amides is 1. The van der Waals surface area contributed by atoms with Gasteiger partial charge in [0.25, 0.3) is 5.91 Å². The lowest BCUT2D eigenvalue weighted by Crippen LogP contribution is -2.35. The standard InChI is InChI=1S/C14H10F5NO/c1-2-5-20(6-7-3-4-7)14(21)8-9(15)11(17)13(19)12(18)10(8)16/h1,7H,3-6H2. The molecule has 0 aromatic heterocycles. The Kier molecular flexibility index (Phi) is 4.16. The highest BCUT2D eigenvalue weighted by Gasteiger charge is 2.34. The van der Waals surface area contributed by atoms with Gasteiger partial charge in [-0.1, -0.05) is 5.92 Å². The Bertz CT molecular complexity index is 604. The molecule has 21 heavy (non-hydrogen) atoms. The van der Waals surface area contributed by atoms with Gasteiger partial charge in [0, 0.05) is 6.54 Å². The molecule has 1 aromatic rings. The van der Waals surface area contributed by atoms with Crippen LogP contribution in [0.2, 0.25) is 0 Å². The number of carbonyl (C=O) groups excluding carboxylic acids is 1. The summed E-state index contributed by atoms with van der Waals surface area (Å²) < 4.78 is 66.3. The molecule has 1 amide bonds. The van der Waals surface area contributed by atoms with E-state index < -0.39 is 40.6 Å². The number of hydrogen-bond donors (Lipinski definition) is 0. The van der Waals surface area contributed by atoms with Crippen LogP contribution in [-0.2, 0) is 0 Å². The third-order valence-electron chi connectivity index (χ3n) is 3.17. The normalized spacial score (nSPS) is 13.9. The van der Waals surface area contributed by atoms with E-state index in [1.807, 2.05) is 0 Å². The van der Waals surface area contributed by atoms with Crippen molar-refractivity contribution in [1.82, 2.24) is 4.90 Å². The largest absolute Gasteiger partial charge is 0.327 e. The smallest absolute Gasteiger partial charge is 0.260 e. The predicted molar refractivity (Wildman–Crippen MR) is 63.7 cm³/mol. The number of benzene rings is 1. The molecule has 1 saturated carbocycles. The molecule has 1 aliphatic rings. The summed E-state index contributed by atoms with van der Waals surface area (Å²) in [5.41, 5.74) is -1.47. The van der Waals surface area contributed by atoms with Gasteiger partial charge in [-0.15, -0.1) is 6.42 Å². The zero-order chi connectivity index (χ0) is 15.7. The van der Waals surface area contributed by atoms with E-state index in [0.717, 1.165) is 17.7 Å². The van der Waals surface area contributed by atoms with Gasteiger partial charge in [0.15, 0.2) is 23.3 Å². The molecule has 1 fully saturated rings. The SMILES string of the molecule is C#CCN(CC1CC1)C(=O)c1c(F)c(F)c(F)c(F)c1F. The van der Waals surface area contributed by atoms with Gasteiger partial charge in [0.2, 0.25) is 5.82 Å². The summed E-state index contributed by atoms with van der Waals surface area (Å²) in [6.07, 6.45) is 6.71. The summed E-state index contributed by atoms with van der Waals surface area (Å²) in [5.74, 6) is -9.91. The van der Waals surface area contributed by atoms with Crippen LogP contribution in [0.4, 0.5) is 22.0 Å². The zero-order valence-electron chi connectivity index (χ0n) is 10.7. The van der Waals surface area contributed by atoms with E-state index in [4.69, 9.17) is 6.42 Å². The van der Waals surface area contributed by atoms with E-state index in [2.05, 4.69) is 5.92 Å². The summed E-state index contributed by atoms with van der Waals surface area (Å²) in [4.78, 5) is 13.0. The molecule has 0 aliphatic heterocycles. The van der Waals surface area contributed by atoms with Crippen LogP contribution < -0.4 is 0 Å². The molecule has 2 rings (SSSR count). The van der Waals surface area contributed by atoms with Crippen molar-refractivity contribution in [2.24, 2.45) is 5.92 Å². The molecule has 1 aromatic carbocycles. The molecule has 1 aliphatic carbocycles. The van der Waals surface area contributed by atoms with Crippen LogP contribution in [0, 0.1) is 47.3 Å². The number of rotatable bonds is 4. The zero-order valence-corrected chi connectivity index (χ0v) is 10.7. The van der Waals surface area contributed by atoms with Gasteiger partial charge < -0.3 is 4.90 Å². The van der Waals surface area contributed by atoms with Gasteiger partial charge in [-0.25, -0.2) is 22.0 Å². The van der Waals surface area contributed by atoms with E-state index in [0.29, 0.717) is 0 Å². The monoisotopic (exact) mass is 303 g/mol. The first-order valence-corrected chi connectivity index (χ1v) is 6.12. The molecule has 0 atom stereocenters. The van der Waals surface area contributed by atoms with Crippen molar-refractivity contribution in [1.29, 1.82) is 0 Å². The van der Waals surface area contributed by atoms with Crippen molar-refractivity contribution in [3.63, 3.8) is 0 Å². The van der Waals surface area contributed by atoms with Gasteiger partial charge in [-0.2, -0.15) is 0 Å². The van der Waals surface area contributed by atoms with E-state index in [-0.39, 0.29) is 19.0 Å². The second kappa shape index (κ2) is 5.72. The van der Waals surface area contributed by atoms with Crippen LogP contribution in [-0.4, -0.2) is 23.9 Å². The molecule has 2 nitrogen and oxygen atoms in total. The highest BCUT2D eigenvalue weighted by molar-refractivity contribution is 5.95. The number of carbonyl (C=O) groups is 1. The van der Waals surface area contributed by atoms with E-state index >= 15 is 0 Å². The van der Waals surface area contributed by atoms with Crippen LogP contribution in [0.1, 0.15) is 23.2 Å². The highest BCUT2D eigenvalue weighted by atomic mass is 19.2. The first kappa shape index (κ1) is 15.3. The van der Waals surface area contributed by atoms with Gasteiger partial charge in [0.05, 0.1) is 6.54 Å². The lowest BCUT2D eigenvalue weighted by atomic mass is 10.1. The predicted octanol–water partition coefficient (Wildman–Crippen LogP) is 2.87. The van der Waals surface area contributed by atoms with Gasteiger partial charge >= 0.3 is 0 Å². The quantitative estimate of drug-likeness (QED) is 0.362. The molecular weight excluding hydrogens is 293 g/mol. The van der Waals surface area contributed by atoms with Crippen molar-refractivity contribution in [2.75, 3.05) is 13.1 Å². The van der Waals surface area contributed by atoms with E-state index in [1.54, 1.807) is 0 Å². The number of nitrogens with zero attached hydrogens (tertiary/aromatic N) is 1. The first-order valence-electron chi connectivity index (χ1n) is 6.12. The van der Waals surface area contributed by atoms with Crippen molar-refractivity contribution >= 4 is 5.91 Å². The molecule has 0 spiro atoms. The Morgan fingerprint density at radius 3 is 1.95 bits per heavy atom. The first-order chi connectivity index (χ1) is 9.88. The van der Waals surface area contributed by atoms with Crippen LogP contribution >= 0.6 is 0 Å². The van der Waals surface area contributed by atoms with Gasteiger partial charge in [-0.3, -0.25) is 4.79 Å². The maximum Gasteiger partial charge on any atom is 0.260 e. The fourth-order valence-corrected chi connectivity index (χ4v) is 1.89. The molecule has 0 unspecified atom stereocenters. The highest BCUT2D eigenvalue weighted by Crippen LogP contribution is 2.31. The van der Waals surface area contributed by atoms with Crippen molar-refractivity contribution in [3.05, 3.63) is 34.6 Å². The number of terminal acetylenes is 1. The topological polar surface area (TPSA) is 20.3 Å². The average Bonchev–Trinajstić information content (AvgIpc) is 3.26. The Morgan fingerprint density at radius 1 is 1.05 bits per heavy atom. The van der Waals surface area contributed by atoms with Crippen LogP contribution in [0.15, 0.2) is 0 Å².